The number of likely N-dealkylation sites (tertiary alicyclic amines) is 1. The predicted octanol–water partition coefficient (Wildman–Crippen LogP) is 3.16. The number of hydrogen-bond donors (Lipinski definition) is 2. The Hall–Kier alpha value is -1.58. The summed E-state index contributed by atoms with van der Waals surface area (Å²) in [5, 5.41) is 6.64. The number of nitrogens with one attached hydrogen (secondary N) is 2. The Balaban J connectivity index is 0.00000364. The molecule has 1 aliphatic rings. The van der Waals surface area contributed by atoms with Crippen LogP contribution in [-0.2, 0) is 11.2 Å². The molecule has 2 N–H and O–H groups in total. The van der Waals surface area contributed by atoms with E-state index in [1.165, 1.54) is 6.07 Å². The van der Waals surface area contributed by atoms with E-state index in [2.05, 4.69) is 15.6 Å². The van der Waals surface area contributed by atoms with Crippen LogP contribution in [0.15, 0.2) is 29.3 Å². The first-order valence-electron chi connectivity index (χ1n) is 9.34. The molecule has 1 fully saturated rings. The van der Waals surface area contributed by atoms with Gasteiger partial charge in [-0.25, -0.2) is 9.18 Å². The minimum absolute atomic E-state index is 0. The summed E-state index contributed by atoms with van der Waals surface area (Å²) in [6, 6.07) is 7.04. The number of rotatable bonds is 6. The molecule has 0 aromatic heterocycles. The number of ether oxygens (including phenoxy) is 1. The zero-order valence-electron chi connectivity index (χ0n) is 16.0. The Bertz CT molecular complexity index is 607. The largest absolute Gasteiger partial charge is 0.450 e. The molecular formula is C19H30FIN4O2. The lowest BCUT2D eigenvalue weighted by Crippen LogP contribution is -2.50. The summed E-state index contributed by atoms with van der Waals surface area (Å²) in [5.74, 6) is 0.547. The highest BCUT2D eigenvalue weighted by atomic mass is 127. The molecule has 0 spiro atoms. The van der Waals surface area contributed by atoms with Gasteiger partial charge >= 0.3 is 6.09 Å². The summed E-state index contributed by atoms with van der Waals surface area (Å²) >= 11 is 0. The molecular weight excluding hydrogens is 462 g/mol. The van der Waals surface area contributed by atoms with Gasteiger partial charge in [-0.3, -0.25) is 4.99 Å². The molecule has 6 nitrogen and oxygen atoms in total. The van der Waals surface area contributed by atoms with Crippen molar-refractivity contribution in [1.82, 2.24) is 15.5 Å². The number of amides is 1. The van der Waals surface area contributed by atoms with Crippen LogP contribution in [0.3, 0.4) is 0 Å². The van der Waals surface area contributed by atoms with Crippen molar-refractivity contribution in [3.63, 3.8) is 0 Å². The Morgan fingerprint density at radius 3 is 2.63 bits per heavy atom. The van der Waals surface area contributed by atoms with E-state index in [0.29, 0.717) is 38.2 Å². The topological polar surface area (TPSA) is 66.0 Å². The first-order chi connectivity index (χ1) is 12.6. The van der Waals surface area contributed by atoms with E-state index < -0.39 is 0 Å². The Kier molecular flexibility index (Phi) is 11.1. The quantitative estimate of drug-likeness (QED) is 0.364. The van der Waals surface area contributed by atoms with Gasteiger partial charge < -0.3 is 20.3 Å². The number of piperidine rings is 1. The first-order valence-corrected chi connectivity index (χ1v) is 9.34. The summed E-state index contributed by atoms with van der Waals surface area (Å²) in [6.45, 7) is 6.84. The summed E-state index contributed by atoms with van der Waals surface area (Å²) in [6.07, 6.45) is 2.01. The molecule has 152 valence electrons. The predicted molar refractivity (Wildman–Crippen MR) is 116 cm³/mol. The van der Waals surface area contributed by atoms with Crippen LogP contribution >= 0.6 is 24.0 Å². The van der Waals surface area contributed by atoms with Crippen LogP contribution in [0.5, 0.6) is 0 Å². The van der Waals surface area contributed by atoms with Gasteiger partial charge in [-0.15, -0.1) is 24.0 Å². The number of aliphatic imine (C=N–C) groups is 1. The van der Waals surface area contributed by atoms with Crippen molar-refractivity contribution >= 4 is 36.0 Å². The van der Waals surface area contributed by atoms with Crippen molar-refractivity contribution in [2.75, 3.05) is 32.8 Å². The summed E-state index contributed by atoms with van der Waals surface area (Å²) in [5.41, 5.74) is 0.676. The number of carbonyl (C=O) groups is 1. The number of carbonyl (C=O) groups excluding carboxylic acids is 1. The van der Waals surface area contributed by atoms with Crippen molar-refractivity contribution in [2.45, 2.75) is 39.2 Å². The molecule has 2 rings (SSSR count). The standard InChI is InChI=1S/C19H29FN4O2.HI/c1-3-21-18(22-12-9-15-7-5-6-8-17(15)20)23-16-10-13-24(14-11-16)19(25)26-4-2;/h5-8,16H,3-4,9-14H2,1-2H3,(H2,21,22,23);1H. The summed E-state index contributed by atoms with van der Waals surface area (Å²) in [4.78, 5) is 18.0. The molecule has 1 amide bonds. The van der Waals surface area contributed by atoms with Crippen LogP contribution in [0.4, 0.5) is 9.18 Å². The zero-order chi connectivity index (χ0) is 18.8. The maximum atomic E-state index is 13.7. The average molecular weight is 492 g/mol. The van der Waals surface area contributed by atoms with Crippen molar-refractivity contribution in [1.29, 1.82) is 0 Å². The Morgan fingerprint density at radius 1 is 1.30 bits per heavy atom. The third-order valence-electron chi connectivity index (χ3n) is 4.31. The van der Waals surface area contributed by atoms with Crippen LogP contribution < -0.4 is 10.6 Å². The van der Waals surface area contributed by atoms with Gasteiger partial charge in [0.1, 0.15) is 5.82 Å². The van der Waals surface area contributed by atoms with E-state index in [1.807, 2.05) is 19.9 Å². The second-order valence-electron chi connectivity index (χ2n) is 6.21. The maximum absolute atomic E-state index is 13.7. The van der Waals surface area contributed by atoms with E-state index in [-0.39, 0.29) is 41.9 Å². The third kappa shape index (κ3) is 7.90. The number of nitrogens with zero attached hydrogens (tertiary/aromatic N) is 2. The lowest BCUT2D eigenvalue weighted by Gasteiger charge is -2.32. The Morgan fingerprint density at radius 2 is 2.00 bits per heavy atom. The van der Waals surface area contributed by atoms with Gasteiger partial charge in [0.15, 0.2) is 5.96 Å². The number of guanidine groups is 1. The van der Waals surface area contributed by atoms with Crippen LogP contribution in [-0.4, -0.2) is 55.8 Å². The van der Waals surface area contributed by atoms with E-state index in [4.69, 9.17) is 4.74 Å². The van der Waals surface area contributed by atoms with Gasteiger partial charge in [0.05, 0.1) is 6.61 Å². The second kappa shape index (κ2) is 12.7. The molecule has 0 bridgehead atoms. The summed E-state index contributed by atoms with van der Waals surface area (Å²) < 4.78 is 18.7. The van der Waals surface area contributed by atoms with Crippen molar-refractivity contribution in [3.8, 4) is 0 Å². The molecule has 1 heterocycles. The Labute approximate surface area is 178 Å². The molecule has 0 radical (unpaired) electrons. The van der Waals surface area contributed by atoms with E-state index >= 15 is 0 Å². The van der Waals surface area contributed by atoms with Crippen LogP contribution in [0.25, 0.3) is 0 Å². The van der Waals surface area contributed by atoms with Crippen LogP contribution in [0.1, 0.15) is 32.3 Å². The van der Waals surface area contributed by atoms with Crippen LogP contribution in [0.2, 0.25) is 0 Å². The zero-order valence-corrected chi connectivity index (χ0v) is 18.4. The van der Waals surface area contributed by atoms with Gasteiger partial charge in [0, 0.05) is 32.2 Å². The molecule has 27 heavy (non-hydrogen) atoms. The van der Waals surface area contributed by atoms with Crippen molar-refractivity contribution in [3.05, 3.63) is 35.6 Å². The third-order valence-corrected chi connectivity index (χ3v) is 4.31. The molecule has 0 unspecified atom stereocenters. The molecule has 0 saturated carbocycles. The van der Waals surface area contributed by atoms with Gasteiger partial charge in [0.25, 0.3) is 0 Å². The van der Waals surface area contributed by atoms with E-state index in [1.54, 1.807) is 17.0 Å². The fourth-order valence-electron chi connectivity index (χ4n) is 2.92. The highest BCUT2D eigenvalue weighted by Gasteiger charge is 2.23. The summed E-state index contributed by atoms with van der Waals surface area (Å²) in [7, 11) is 0. The fourth-order valence-corrected chi connectivity index (χ4v) is 2.92. The lowest BCUT2D eigenvalue weighted by atomic mass is 10.1. The minimum Gasteiger partial charge on any atom is -0.450 e. The first kappa shape index (κ1) is 23.5. The van der Waals surface area contributed by atoms with Gasteiger partial charge in [-0.05, 0) is 44.7 Å². The second-order valence-corrected chi connectivity index (χ2v) is 6.21. The van der Waals surface area contributed by atoms with E-state index in [9.17, 15) is 9.18 Å². The van der Waals surface area contributed by atoms with E-state index in [0.717, 1.165) is 25.3 Å². The molecule has 1 aliphatic heterocycles. The smallest absolute Gasteiger partial charge is 0.409 e. The number of halogens is 2. The fraction of sp³-hybridized carbons (Fsp3) is 0.579. The minimum atomic E-state index is -0.239. The van der Waals surface area contributed by atoms with Crippen molar-refractivity contribution in [2.24, 2.45) is 4.99 Å². The molecule has 0 atom stereocenters. The molecule has 0 aliphatic carbocycles. The highest BCUT2D eigenvalue weighted by Crippen LogP contribution is 2.11. The highest BCUT2D eigenvalue weighted by molar-refractivity contribution is 14.0. The molecule has 1 saturated heterocycles. The molecule has 1 aromatic rings. The average Bonchev–Trinajstić information content (AvgIpc) is 2.64. The SMILES string of the molecule is CCNC(=NCCc1ccccc1F)NC1CCN(C(=O)OCC)CC1.I. The monoisotopic (exact) mass is 492 g/mol. The van der Waals surface area contributed by atoms with Gasteiger partial charge in [0.2, 0.25) is 0 Å². The lowest BCUT2D eigenvalue weighted by molar-refractivity contribution is 0.0963. The normalized spacial score (nSPS) is 15.1. The van der Waals surface area contributed by atoms with Crippen molar-refractivity contribution < 1.29 is 13.9 Å². The van der Waals surface area contributed by atoms with Gasteiger partial charge in [-0.2, -0.15) is 0 Å². The molecule has 1 aromatic carbocycles. The number of benzene rings is 1. The van der Waals surface area contributed by atoms with Crippen LogP contribution in [0, 0.1) is 5.82 Å². The molecule has 8 heteroatoms. The van der Waals surface area contributed by atoms with Gasteiger partial charge in [-0.1, -0.05) is 18.2 Å². The maximum Gasteiger partial charge on any atom is 0.409 e. The number of hydrogen-bond acceptors (Lipinski definition) is 3.